The highest BCUT2D eigenvalue weighted by Crippen LogP contribution is 2.12. The van der Waals surface area contributed by atoms with E-state index < -0.39 is 23.6 Å². The summed E-state index contributed by atoms with van der Waals surface area (Å²) >= 11 is 0. The molecule has 1 aromatic carbocycles. The zero-order valence-electron chi connectivity index (χ0n) is 13.3. The third-order valence-corrected chi connectivity index (χ3v) is 2.58. The van der Waals surface area contributed by atoms with Crippen LogP contribution in [0, 0.1) is 6.92 Å². The molecule has 120 valence electrons. The van der Waals surface area contributed by atoms with Gasteiger partial charge in [-0.15, -0.1) is 0 Å². The Bertz CT molecular complexity index is 590. The van der Waals surface area contributed by atoms with Crippen LogP contribution < -0.4 is 10.9 Å². The number of amides is 2. The molecule has 2 amide bonds. The summed E-state index contributed by atoms with van der Waals surface area (Å²) < 4.78 is 9.63. The van der Waals surface area contributed by atoms with Crippen molar-refractivity contribution in [2.75, 3.05) is 7.11 Å². The van der Waals surface area contributed by atoms with E-state index in [1.165, 1.54) is 19.2 Å². The lowest BCUT2D eigenvalue weighted by Gasteiger charge is -2.19. The summed E-state index contributed by atoms with van der Waals surface area (Å²) in [5, 5.41) is 0. The average Bonchev–Trinajstić information content (AvgIpc) is 2.42. The summed E-state index contributed by atoms with van der Waals surface area (Å²) in [6.07, 6.45) is -0.777. The fourth-order valence-electron chi connectivity index (χ4n) is 1.58. The van der Waals surface area contributed by atoms with E-state index in [0.29, 0.717) is 5.56 Å². The lowest BCUT2D eigenvalue weighted by Crippen LogP contribution is -2.44. The molecule has 0 saturated carbocycles. The maximum absolute atomic E-state index is 12.0. The first kappa shape index (κ1) is 17.5. The first-order valence-corrected chi connectivity index (χ1v) is 6.62. The number of benzene rings is 1. The Morgan fingerprint density at radius 2 is 1.73 bits per heavy atom. The molecule has 0 aromatic heterocycles. The summed E-state index contributed by atoms with van der Waals surface area (Å²) in [6.45, 7) is 6.85. The van der Waals surface area contributed by atoms with Gasteiger partial charge in [0, 0.05) is 5.56 Å². The minimum atomic E-state index is -0.777. The number of methoxy groups -OCH3 is 1. The van der Waals surface area contributed by atoms with Crippen LogP contribution in [0.4, 0.5) is 4.79 Å². The molecule has 7 heteroatoms. The van der Waals surface area contributed by atoms with Crippen LogP contribution in [0.5, 0.6) is 0 Å². The van der Waals surface area contributed by atoms with Crippen molar-refractivity contribution in [2.45, 2.75) is 33.3 Å². The molecule has 0 saturated heterocycles. The highest BCUT2D eigenvalue weighted by molar-refractivity contribution is 5.99. The number of nitrogens with one attached hydrogen (secondary N) is 2. The lowest BCUT2D eigenvalue weighted by atomic mass is 10.0. The number of carbonyl (C=O) groups is 3. The Labute approximate surface area is 128 Å². The van der Waals surface area contributed by atoms with Crippen molar-refractivity contribution in [3.8, 4) is 0 Å². The molecular weight excluding hydrogens is 288 g/mol. The second-order valence-electron chi connectivity index (χ2n) is 5.60. The van der Waals surface area contributed by atoms with Crippen LogP contribution in [-0.2, 0) is 9.47 Å². The van der Waals surface area contributed by atoms with Crippen LogP contribution in [0.25, 0.3) is 0 Å². The van der Waals surface area contributed by atoms with Crippen molar-refractivity contribution >= 4 is 18.0 Å². The molecule has 0 unspecified atom stereocenters. The molecule has 0 aliphatic heterocycles. The van der Waals surface area contributed by atoms with E-state index in [1.54, 1.807) is 33.8 Å². The van der Waals surface area contributed by atoms with Gasteiger partial charge in [-0.3, -0.25) is 10.2 Å². The quantitative estimate of drug-likeness (QED) is 0.643. The van der Waals surface area contributed by atoms with Crippen LogP contribution >= 0.6 is 0 Å². The number of esters is 1. The lowest BCUT2D eigenvalue weighted by molar-refractivity contribution is 0.0482. The van der Waals surface area contributed by atoms with Gasteiger partial charge in [-0.05, 0) is 45.4 Å². The van der Waals surface area contributed by atoms with E-state index in [2.05, 4.69) is 15.6 Å². The molecule has 22 heavy (non-hydrogen) atoms. The van der Waals surface area contributed by atoms with E-state index in [4.69, 9.17) is 4.74 Å². The van der Waals surface area contributed by atoms with Crippen molar-refractivity contribution in [3.05, 3.63) is 34.9 Å². The molecule has 0 heterocycles. The highest BCUT2D eigenvalue weighted by Gasteiger charge is 2.17. The molecule has 0 aliphatic carbocycles. The summed E-state index contributed by atoms with van der Waals surface area (Å²) in [5.74, 6) is -1.11. The fourth-order valence-corrected chi connectivity index (χ4v) is 1.58. The zero-order valence-corrected chi connectivity index (χ0v) is 13.3. The first-order chi connectivity index (χ1) is 10.1. The van der Waals surface area contributed by atoms with Crippen LogP contribution in [0.2, 0.25) is 0 Å². The van der Waals surface area contributed by atoms with E-state index in [0.717, 1.165) is 0 Å². The Hall–Kier alpha value is -2.57. The van der Waals surface area contributed by atoms with Gasteiger partial charge in [0.25, 0.3) is 5.91 Å². The molecule has 2 N–H and O–H groups in total. The molecule has 1 rings (SSSR count). The van der Waals surface area contributed by atoms with Gasteiger partial charge in [0.05, 0.1) is 12.7 Å². The zero-order chi connectivity index (χ0) is 16.9. The summed E-state index contributed by atoms with van der Waals surface area (Å²) in [4.78, 5) is 35.0. The maximum atomic E-state index is 12.0. The molecule has 0 fully saturated rings. The monoisotopic (exact) mass is 308 g/mol. The van der Waals surface area contributed by atoms with E-state index >= 15 is 0 Å². The van der Waals surface area contributed by atoms with Gasteiger partial charge in [0.2, 0.25) is 0 Å². The van der Waals surface area contributed by atoms with E-state index in [-0.39, 0.29) is 11.1 Å². The number of hydrogen-bond acceptors (Lipinski definition) is 5. The van der Waals surface area contributed by atoms with Crippen molar-refractivity contribution in [1.82, 2.24) is 10.9 Å². The molecule has 0 spiro atoms. The first-order valence-electron chi connectivity index (χ1n) is 6.62. The van der Waals surface area contributed by atoms with Crippen LogP contribution in [0.15, 0.2) is 18.2 Å². The number of aryl methyl sites for hydroxylation is 1. The largest absolute Gasteiger partial charge is 0.465 e. The van der Waals surface area contributed by atoms with Crippen molar-refractivity contribution in [3.63, 3.8) is 0 Å². The molecular formula is C15H20N2O5. The normalized spacial score (nSPS) is 10.6. The van der Waals surface area contributed by atoms with Gasteiger partial charge in [0.1, 0.15) is 5.60 Å². The molecule has 7 nitrogen and oxygen atoms in total. The van der Waals surface area contributed by atoms with Crippen LogP contribution in [0.3, 0.4) is 0 Å². The number of carbonyl (C=O) groups excluding carboxylic acids is 3. The second kappa shape index (κ2) is 6.93. The van der Waals surface area contributed by atoms with Crippen molar-refractivity contribution < 1.29 is 23.9 Å². The number of hydrogen-bond donors (Lipinski definition) is 2. The predicted octanol–water partition coefficient (Wildman–Crippen LogP) is 1.95. The van der Waals surface area contributed by atoms with Crippen molar-refractivity contribution in [2.24, 2.45) is 0 Å². The fraction of sp³-hybridized carbons (Fsp3) is 0.400. The predicted molar refractivity (Wildman–Crippen MR) is 79.4 cm³/mol. The molecule has 1 aromatic rings. The summed E-state index contributed by atoms with van der Waals surface area (Å²) in [6, 6.07) is 4.55. The number of rotatable bonds is 2. The highest BCUT2D eigenvalue weighted by atomic mass is 16.6. The van der Waals surface area contributed by atoms with Gasteiger partial charge in [-0.2, -0.15) is 0 Å². The Morgan fingerprint density at radius 1 is 1.09 bits per heavy atom. The molecule has 0 aliphatic rings. The second-order valence-corrected chi connectivity index (χ2v) is 5.60. The van der Waals surface area contributed by atoms with Gasteiger partial charge in [-0.25, -0.2) is 15.0 Å². The third kappa shape index (κ3) is 5.08. The smallest absolute Gasteiger partial charge is 0.426 e. The Balaban J connectivity index is 2.74. The Kier molecular flexibility index (Phi) is 5.50. The topological polar surface area (TPSA) is 93.7 Å². The third-order valence-electron chi connectivity index (χ3n) is 2.58. The Morgan fingerprint density at radius 3 is 2.27 bits per heavy atom. The van der Waals surface area contributed by atoms with Gasteiger partial charge < -0.3 is 9.47 Å². The maximum Gasteiger partial charge on any atom is 0.426 e. The molecule has 0 bridgehead atoms. The summed E-state index contributed by atoms with van der Waals surface area (Å²) in [7, 11) is 1.26. The van der Waals surface area contributed by atoms with E-state index in [1.807, 2.05) is 0 Å². The molecule has 0 radical (unpaired) electrons. The average molecular weight is 308 g/mol. The van der Waals surface area contributed by atoms with E-state index in [9.17, 15) is 14.4 Å². The number of hydrazine groups is 1. The number of ether oxygens (including phenoxy) is 2. The minimum absolute atomic E-state index is 0.210. The molecule has 0 atom stereocenters. The van der Waals surface area contributed by atoms with Crippen LogP contribution in [-0.4, -0.2) is 30.7 Å². The van der Waals surface area contributed by atoms with Gasteiger partial charge in [-0.1, -0.05) is 6.07 Å². The van der Waals surface area contributed by atoms with Crippen LogP contribution in [0.1, 0.15) is 47.1 Å². The SMILES string of the molecule is COC(=O)c1cc(C(=O)NNC(=O)OC(C)(C)C)ccc1C. The van der Waals surface area contributed by atoms with Gasteiger partial charge in [0.15, 0.2) is 0 Å². The van der Waals surface area contributed by atoms with Crippen molar-refractivity contribution in [1.29, 1.82) is 0 Å². The van der Waals surface area contributed by atoms with Gasteiger partial charge >= 0.3 is 12.1 Å². The minimum Gasteiger partial charge on any atom is -0.465 e. The summed E-state index contributed by atoms with van der Waals surface area (Å²) in [5.41, 5.74) is 4.86. The standard InChI is InChI=1S/C15H20N2O5/c1-9-6-7-10(8-11(9)13(19)21-5)12(18)16-17-14(20)22-15(2,3)4/h6-8H,1-5H3,(H,16,18)(H,17,20).